The van der Waals surface area contributed by atoms with E-state index in [0.29, 0.717) is 18.7 Å². The molecule has 0 spiro atoms. The molecule has 0 radical (unpaired) electrons. The summed E-state index contributed by atoms with van der Waals surface area (Å²) in [6, 6.07) is 0.397. The van der Waals surface area contributed by atoms with Crippen LogP contribution in [0.4, 0.5) is 0 Å². The van der Waals surface area contributed by atoms with Gasteiger partial charge in [0.1, 0.15) is 0 Å². The summed E-state index contributed by atoms with van der Waals surface area (Å²) in [7, 11) is 0. The Morgan fingerprint density at radius 2 is 2.13 bits per heavy atom. The van der Waals surface area contributed by atoms with Crippen LogP contribution in [0.25, 0.3) is 0 Å². The molecule has 0 amide bonds. The predicted octanol–water partition coefficient (Wildman–Crippen LogP) is 0.215. The van der Waals surface area contributed by atoms with Crippen molar-refractivity contribution in [3.63, 3.8) is 0 Å². The SMILES string of the molecule is NCC(C1CCCO1)N1CCCOCC1. The van der Waals surface area contributed by atoms with Crippen LogP contribution in [0.2, 0.25) is 0 Å². The molecule has 2 aliphatic heterocycles. The van der Waals surface area contributed by atoms with Crippen LogP contribution in [0.1, 0.15) is 19.3 Å². The van der Waals surface area contributed by atoms with E-state index in [0.717, 1.165) is 39.3 Å². The molecule has 0 aromatic heterocycles. The second kappa shape index (κ2) is 5.80. The maximum atomic E-state index is 5.87. The van der Waals surface area contributed by atoms with Gasteiger partial charge >= 0.3 is 0 Å². The van der Waals surface area contributed by atoms with Crippen molar-refractivity contribution in [3.05, 3.63) is 0 Å². The number of hydrogen-bond acceptors (Lipinski definition) is 4. The van der Waals surface area contributed by atoms with Crippen molar-refractivity contribution >= 4 is 0 Å². The van der Waals surface area contributed by atoms with Crippen molar-refractivity contribution in [1.82, 2.24) is 4.90 Å². The molecule has 4 heteroatoms. The van der Waals surface area contributed by atoms with Gasteiger partial charge in [0.05, 0.1) is 12.7 Å². The van der Waals surface area contributed by atoms with Gasteiger partial charge in [-0.3, -0.25) is 4.90 Å². The van der Waals surface area contributed by atoms with Gasteiger partial charge in [0.2, 0.25) is 0 Å². The summed E-state index contributed by atoms with van der Waals surface area (Å²) >= 11 is 0. The fourth-order valence-corrected chi connectivity index (χ4v) is 2.54. The number of rotatable bonds is 3. The van der Waals surface area contributed by atoms with Gasteiger partial charge in [0.15, 0.2) is 0 Å². The highest BCUT2D eigenvalue weighted by molar-refractivity contribution is 4.84. The zero-order valence-electron chi connectivity index (χ0n) is 9.36. The third-order valence-corrected chi connectivity index (χ3v) is 3.36. The Labute approximate surface area is 91.7 Å². The second-order valence-electron chi connectivity index (χ2n) is 4.36. The van der Waals surface area contributed by atoms with Crippen molar-refractivity contribution in [2.45, 2.75) is 31.4 Å². The van der Waals surface area contributed by atoms with Gasteiger partial charge in [0.25, 0.3) is 0 Å². The van der Waals surface area contributed by atoms with Crippen molar-refractivity contribution in [1.29, 1.82) is 0 Å². The third-order valence-electron chi connectivity index (χ3n) is 3.36. The summed E-state index contributed by atoms with van der Waals surface area (Å²) in [4.78, 5) is 2.45. The molecule has 2 atom stereocenters. The van der Waals surface area contributed by atoms with Crippen LogP contribution >= 0.6 is 0 Å². The van der Waals surface area contributed by atoms with E-state index >= 15 is 0 Å². The van der Waals surface area contributed by atoms with E-state index in [2.05, 4.69) is 4.90 Å². The molecule has 0 saturated carbocycles. The van der Waals surface area contributed by atoms with Gasteiger partial charge in [-0.2, -0.15) is 0 Å². The zero-order chi connectivity index (χ0) is 10.5. The van der Waals surface area contributed by atoms with Crippen molar-refractivity contribution in [2.75, 3.05) is 39.5 Å². The Bertz CT molecular complexity index is 175. The lowest BCUT2D eigenvalue weighted by Crippen LogP contribution is -2.49. The molecular weight excluding hydrogens is 192 g/mol. The molecule has 88 valence electrons. The van der Waals surface area contributed by atoms with Crippen molar-refractivity contribution in [2.24, 2.45) is 5.73 Å². The molecule has 0 aromatic rings. The van der Waals surface area contributed by atoms with Crippen LogP contribution in [-0.4, -0.2) is 56.5 Å². The van der Waals surface area contributed by atoms with Gasteiger partial charge in [-0.1, -0.05) is 0 Å². The first-order chi connectivity index (χ1) is 7.42. The van der Waals surface area contributed by atoms with E-state index in [1.54, 1.807) is 0 Å². The standard InChI is InChI=1S/C11H22N2O2/c12-9-10(11-3-1-7-15-11)13-4-2-6-14-8-5-13/h10-11H,1-9,12H2. The quantitative estimate of drug-likeness (QED) is 0.730. The Balaban J connectivity index is 1.91. The average molecular weight is 214 g/mol. The molecular formula is C11H22N2O2. The molecule has 15 heavy (non-hydrogen) atoms. The maximum absolute atomic E-state index is 5.87. The highest BCUT2D eigenvalue weighted by atomic mass is 16.5. The van der Waals surface area contributed by atoms with Gasteiger partial charge < -0.3 is 15.2 Å². The topological polar surface area (TPSA) is 47.7 Å². The molecule has 2 fully saturated rings. The smallest absolute Gasteiger partial charge is 0.0743 e. The average Bonchev–Trinajstić information content (AvgIpc) is 2.63. The lowest BCUT2D eigenvalue weighted by molar-refractivity contribution is 0.0259. The number of ether oxygens (including phenoxy) is 2. The highest BCUT2D eigenvalue weighted by Gasteiger charge is 2.29. The number of nitrogens with two attached hydrogens (primary N) is 1. The molecule has 4 nitrogen and oxygen atoms in total. The Kier molecular flexibility index (Phi) is 4.38. The van der Waals surface area contributed by atoms with Crippen molar-refractivity contribution in [3.8, 4) is 0 Å². The minimum absolute atomic E-state index is 0.355. The maximum Gasteiger partial charge on any atom is 0.0743 e. The van der Waals surface area contributed by atoms with E-state index < -0.39 is 0 Å². The van der Waals surface area contributed by atoms with Crippen LogP contribution in [0, 0.1) is 0 Å². The largest absolute Gasteiger partial charge is 0.380 e. The molecule has 2 N–H and O–H groups in total. The monoisotopic (exact) mass is 214 g/mol. The summed E-state index contributed by atoms with van der Waals surface area (Å²) in [6.45, 7) is 5.43. The first-order valence-corrected chi connectivity index (χ1v) is 6.05. The fraction of sp³-hybridized carbons (Fsp3) is 1.00. The minimum Gasteiger partial charge on any atom is -0.380 e. The van der Waals surface area contributed by atoms with E-state index in [1.165, 1.54) is 12.8 Å². The summed E-state index contributed by atoms with van der Waals surface area (Å²) < 4.78 is 11.2. The molecule has 2 heterocycles. The molecule has 0 aromatic carbocycles. The van der Waals surface area contributed by atoms with Gasteiger partial charge in [-0.25, -0.2) is 0 Å². The van der Waals surface area contributed by atoms with Crippen LogP contribution in [0.5, 0.6) is 0 Å². The van der Waals surface area contributed by atoms with Gasteiger partial charge in [-0.05, 0) is 19.3 Å². The van der Waals surface area contributed by atoms with Crippen LogP contribution in [0.3, 0.4) is 0 Å². The molecule has 2 aliphatic rings. The molecule has 0 aliphatic carbocycles. The summed E-state index contributed by atoms with van der Waals surface area (Å²) in [5.74, 6) is 0. The minimum atomic E-state index is 0.355. The van der Waals surface area contributed by atoms with Crippen LogP contribution < -0.4 is 5.73 Å². The fourth-order valence-electron chi connectivity index (χ4n) is 2.54. The Morgan fingerprint density at radius 3 is 2.87 bits per heavy atom. The van der Waals surface area contributed by atoms with E-state index in [9.17, 15) is 0 Å². The first-order valence-electron chi connectivity index (χ1n) is 6.05. The lowest BCUT2D eigenvalue weighted by Gasteiger charge is -2.32. The highest BCUT2D eigenvalue weighted by Crippen LogP contribution is 2.20. The predicted molar refractivity (Wildman–Crippen MR) is 58.8 cm³/mol. The molecule has 2 rings (SSSR count). The third kappa shape index (κ3) is 2.91. The Hall–Kier alpha value is -0.160. The normalized spacial score (nSPS) is 31.4. The molecule has 2 unspecified atom stereocenters. The second-order valence-corrected chi connectivity index (χ2v) is 4.36. The molecule has 2 saturated heterocycles. The van der Waals surface area contributed by atoms with Crippen molar-refractivity contribution < 1.29 is 9.47 Å². The molecule has 0 bridgehead atoms. The van der Waals surface area contributed by atoms with Crippen LogP contribution in [0.15, 0.2) is 0 Å². The summed E-state index contributed by atoms with van der Waals surface area (Å²) in [6.07, 6.45) is 3.82. The van der Waals surface area contributed by atoms with E-state index in [-0.39, 0.29) is 0 Å². The number of hydrogen-bond donors (Lipinski definition) is 1. The summed E-state index contributed by atoms with van der Waals surface area (Å²) in [5.41, 5.74) is 5.87. The number of nitrogens with zero attached hydrogens (tertiary/aromatic N) is 1. The Morgan fingerprint density at radius 1 is 1.20 bits per heavy atom. The van der Waals surface area contributed by atoms with Gasteiger partial charge in [-0.15, -0.1) is 0 Å². The van der Waals surface area contributed by atoms with E-state index in [4.69, 9.17) is 15.2 Å². The first kappa shape index (κ1) is 11.3. The lowest BCUT2D eigenvalue weighted by atomic mass is 10.1. The summed E-state index contributed by atoms with van der Waals surface area (Å²) in [5, 5.41) is 0. The van der Waals surface area contributed by atoms with Gasteiger partial charge in [0, 0.05) is 38.9 Å². The van der Waals surface area contributed by atoms with E-state index in [1.807, 2.05) is 0 Å². The zero-order valence-corrected chi connectivity index (χ0v) is 9.36. The van der Waals surface area contributed by atoms with Crippen LogP contribution in [-0.2, 0) is 9.47 Å².